The van der Waals surface area contributed by atoms with Gasteiger partial charge in [-0.15, -0.1) is 0 Å². The molecule has 0 aromatic carbocycles. The molecule has 0 aromatic rings. The average Bonchev–Trinajstić information content (AvgIpc) is 0.918. The summed E-state index contributed by atoms with van der Waals surface area (Å²) in [5.41, 5.74) is 0. The smallest absolute Gasteiger partial charge is 0 e. The summed E-state index contributed by atoms with van der Waals surface area (Å²) in [6.07, 6.45) is 0. The van der Waals surface area contributed by atoms with Crippen LogP contribution in [0.1, 0.15) is 6.92 Å². The van der Waals surface area contributed by atoms with Crippen LogP contribution in [0.15, 0.2) is 0 Å². The molecule has 4 heavy (non-hydrogen) atoms. The van der Waals surface area contributed by atoms with Crippen molar-refractivity contribution in [2.75, 3.05) is 0 Å². The number of hydrogen-bond donors (Lipinski definition) is 1. The minimum absolute atomic E-state index is 0. The molecular formula is C2H5OZn-. The van der Waals surface area contributed by atoms with Crippen molar-refractivity contribution >= 4 is 0 Å². The SMILES string of the molecule is C[CH-]O.[Zn]. The van der Waals surface area contributed by atoms with Gasteiger partial charge < -0.3 is 5.11 Å². The maximum Gasteiger partial charge on any atom is 0 e. The summed E-state index contributed by atoms with van der Waals surface area (Å²) in [7, 11) is 0. The Labute approximate surface area is 38.8 Å². The Hall–Kier alpha value is 0.583. The van der Waals surface area contributed by atoms with Gasteiger partial charge in [-0.3, -0.25) is 0 Å². The largest absolute Gasteiger partial charge is 0.566 e. The second-order valence-electron chi connectivity index (χ2n) is 0.258. The van der Waals surface area contributed by atoms with Gasteiger partial charge in [0.05, 0.1) is 0 Å². The van der Waals surface area contributed by atoms with E-state index in [-0.39, 0.29) is 19.5 Å². The zero-order valence-corrected chi connectivity index (χ0v) is 5.70. The minimum Gasteiger partial charge on any atom is -0.566 e. The number of hydrogen-bond acceptors (Lipinski definition) is 1. The van der Waals surface area contributed by atoms with E-state index >= 15 is 0 Å². The molecule has 0 aliphatic heterocycles. The van der Waals surface area contributed by atoms with Gasteiger partial charge in [0.25, 0.3) is 0 Å². The van der Waals surface area contributed by atoms with Gasteiger partial charge in [-0.2, -0.15) is 6.92 Å². The Balaban J connectivity index is 0. The Morgan fingerprint density at radius 1 is 1.75 bits per heavy atom. The van der Waals surface area contributed by atoms with Crippen LogP contribution in [0, 0.1) is 6.61 Å². The van der Waals surface area contributed by atoms with Gasteiger partial charge in [0, 0.05) is 19.5 Å². The molecule has 0 aromatic heterocycles. The summed E-state index contributed by atoms with van der Waals surface area (Å²) in [5.74, 6) is 0. The van der Waals surface area contributed by atoms with Crippen LogP contribution in [-0.4, -0.2) is 5.11 Å². The predicted octanol–water partition coefficient (Wildman–Crippen LogP) is 0.538. The van der Waals surface area contributed by atoms with Gasteiger partial charge in [-0.25, -0.2) is 6.61 Å². The molecule has 0 radical (unpaired) electrons. The second-order valence-corrected chi connectivity index (χ2v) is 0.258. The second kappa shape index (κ2) is 9.54. The first-order chi connectivity index (χ1) is 1.41. The van der Waals surface area contributed by atoms with E-state index in [4.69, 9.17) is 5.11 Å². The Morgan fingerprint density at radius 3 is 1.75 bits per heavy atom. The molecule has 2 heteroatoms. The Morgan fingerprint density at radius 2 is 1.75 bits per heavy atom. The molecular weight excluding hydrogens is 105 g/mol. The summed E-state index contributed by atoms with van der Waals surface area (Å²) in [6.45, 7) is 2.56. The van der Waals surface area contributed by atoms with Gasteiger partial charge in [0.15, 0.2) is 0 Å². The van der Waals surface area contributed by atoms with Crippen molar-refractivity contribution < 1.29 is 24.6 Å². The molecule has 0 unspecified atom stereocenters. The summed E-state index contributed by atoms with van der Waals surface area (Å²) in [5, 5.41) is 7.44. The van der Waals surface area contributed by atoms with E-state index in [1.807, 2.05) is 0 Å². The molecule has 0 spiro atoms. The molecule has 0 saturated carbocycles. The molecule has 0 atom stereocenters. The van der Waals surface area contributed by atoms with Crippen LogP contribution in [0.5, 0.6) is 0 Å². The van der Waals surface area contributed by atoms with Crippen LogP contribution >= 0.6 is 0 Å². The van der Waals surface area contributed by atoms with Crippen molar-refractivity contribution in [1.82, 2.24) is 0 Å². The van der Waals surface area contributed by atoms with Gasteiger partial charge >= 0.3 is 0 Å². The standard InChI is InChI=1S/C2H5O.Zn/c1-2-3;/h2-3H,1H3;/q-1;. The van der Waals surface area contributed by atoms with E-state index in [0.29, 0.717) is 0 Å². The predicted molar refractivity (Wildman–Crippen MR) is 11.9 cm³/mol. The van der Waals surface area contributed by atoms with Crippen molar-refractivity contribution in [3.05, 3.63) is 6.61 Å². The van der Waals surface area contributed by atoms with E-state index in [0.717, 1.165) is 6.61 Å². The fraction of sp³-hybridized carbons (Fsp3) is 0.500. The Kier molecular flexibility index (Phi) is 21.0. The molecule has 0 heterocycles. The Bertz CT molecular complexity index is 6.00. The first-order valence-corrected chi connectivity index (χ1v) is 0.836. The quantitative estimate of drug-likeness (QED) is 0.356. The molecule has 22 valence electrons. The van der Waals surface area contributed by atoms with E-state index in [9.17, 15) is 0 Å². The molecule has 0 bridgehead atoms. The molecule has 0 aliphatic rings. The number of aliphatic hydroxyl groups is 1. The van der Waals surface area contributed by atoms with E-state index in [2.05, 4.69) is 0 Å². The fourth-order valence-corrected chi connectivity index (χ4v) is 0. The van der Waals surface area contributed by atoms with Crippen molar-refractivity contribution in [2.24, 2.45) is 0 Å². The summed E-state index contributed by atoms with van der Waals surface area (Å²) >= 11 is 0. The molecule has 0 aliphatic carbocycles. The van der Waals surface area contributed by atoms with Gasteiger partial charge in [-0.1, -0.05) is 0 Å². The first kappa shape index (κ1) is 8.82. The molecule has 1 N–H and O–H groups in total. The number of rotatable bonds is 0. The first-order valence-electron chi connectivity index (χ1n) is 0.836. The zero-order chi connectivity index (χ0) is 2.71. The van der Waals surface area contributed by atoms with Crippen molar-refractivity contribution in [2.45, 2.75) is 6.92 Å². The van der Waals surface area contributed by atoms with E-state index < -0.39 is 0 Å². The fourth-order valence-electron chi connectivity index (χ4n) is 0. The van der Waals surface area contributed by atoms with E-state index in [1.165, 1.54) is 0 Å². The average molecular weight is 110 g/mol. The van der Waals surface area contributed by atoms with Crippen LogP contribution < -0.4 is 0 Å². The van der Waals surface area contributed by atoms with Crippen LogP contribution in [0.2, 0.25) is 0 Å². The van der Waals surface area contributed by atoms with Gasteiger partial charge in [0.1, 0.15) is 0 Å². The molecule has 0 fully saturated rings. The summed E-state index contributed by atoms with van der Waals surface area (Å²) in [6, 6.07) is 0. The zero-order valence-electron chi connectivity index (χ0n) is 2.73. The van der Waals surface area contributed by atoms with Crippen LogP contribution in [0.3, 0.4) is 0 Å². The normalized spacial score (nSPS) is 4.50. The van der Waals surface area contributed by atoms with Crippen LogP contribution in [0.4, 0.5) is 0 Å². The molecule has 1 nitrogen and oxygen atoms in total. The van der Waals surface area contributed by atoms with Crippen molar-refractivity contribution in [3.63, 3.8) is 0 Å². The van der Waals surface area contributed by atoms with Crippen LogP contribution in [-0.2, 0) is 19.5 Å². The van der Waals surface area contributed by atoms with Crippen molar-refractivity contribution in [3.8, 4) is 0 Å². The van der Waals surface area contributed by atoms with Crippen LogP contribution in [0.25, 0.3) is 0 Å². The van der Waals surface area contributed by atoms with Gasteiger partial charge in [0.2, 0.25) is 0 Å². The summed E-state index contributed by atoms with van der Waals surface area (Å²) in [4.78, 5) is 0. The molecule has 0 amide bonds. The monoisotopic (exact) mass is 109 g/mol. The van der Waals surface area contributed by atoms with Crippen molar-refractivity contribution in [1.29, 1.82) is 0 Å². The third-order valence-corrected chi connectivity index (χ3v) is 0. The third kappa shape index (κ3) is 19.0. The maximum atomic E-state index is 7.44. The number of aliphatic hydroxyl groups excluding tert-OH is 1. The van der Waals surface area contributed by atoms with Gasteiger partial charge in [-0.05, 0) is 0 Å². The topological polar surface area (TPSA) is 20.2 Å². The third-order valence-electron chi connectivity index (χ3n) is 0. The maximum absolute atomic E-state index is 7.44. The molecule has 0 rings (SSSR count). The summed E-state index contributed by atoms with van der Waals surface area (Å²) < 4.78 is 0. The van der Waals surface area contributed by atoms with E-state index in [1.54, 1.807) is 6.92 Å². The molecule has 0 saturated heterocycles. The minimum atomic E-state index is 0.